The molecule has 0 atom stereocenters. The van der Waals surface area contributed by atoms with Crippen molar-refractivity contribution in [2.75, 3.05) is 20.8 Å². The van der Waals surface area contributed by atoms with E-state index in [-0.39, 0.29) is 0 Å². The van der Waals surface area contributed by atoms with Crippen LogP contribution in [0, 0.1) is 0 Å². The molecule has 1 N–H and O–H groups in total. The van der Waals surface area contributed by atoms with Gasteiger partial charge in [0.05, 0.1) is 36.5 Å². The highest BCUT2D eigenvalue weighted by Gasteiger charge is 2.17. The number of rotatable bonds is 6. The second kappa shape index (κ2) is 8.06. The number of aromatic nitrogens is 4. The molecule has 2 aromatic carbocycles. The monoisotopic (exact) mass is 410 g/mol. The summed E-state index contributed by atoms with van der Waals surface area (Å²) in [5.74, 6) is 1.04. The molecule has 0 spiro atoms. The maximum absolute atomic E-state index is 11.9. The van der Waals surface area contributed by atoms with Crippen molar-refractivity contribution in [3.05, 3.63) is 59.2 Å². The fraction of sp³-hybridized carbons (Fsp3) is 0.190. The number of esters is 1. The number of nitrogens with one attached hydrogen (secondary N) is 1. The number of hydrogen-bond donors (Lipinski definition) is 1. The molecule has 2 heterocycles. The average Bonchev–Trinajstić information content (AvgIpc) is 3.36. The Labute approximate surface area is 172 Å². The van der Waals surface area contributed by atoms with Crippen molar-refractivity contribution in [3.63, 3.8) is 0 Å². The van der Waals surface area contributed by atoms with Gasteiger partial charge in [0.1, 0.15) is 11.5 Å². The second-order valence-electron chi connectivity index (χ2n) is 6.43. The third-order valence-corrected chi connectivity index (χ3v) is 4.87. The number of benzene rings is 2. The van der Waals surface area contributed by atoms with Gasteiger partial charge < -0.3 is 19.0 Å². The molecule has 0 aliphatic carbocycles. The predicted octanol–water partition coefficient (Wildman–Crippen LogP) is 4.18. The Morgan fingerprint density at radius 3 is 2.69 bits per heavy atom. The largest absolute Gasteiger partial charge is 0.465 e. The third-order valence-electron chi connectivity index (χ3n) is 4.62. The first-order valence-corrected chi connectivity index (χ1v) is 9.37. The average molecular weight is 411 g/mol. The van der Waals surface area contributed by atoms with Crippen LogP contribution < -0.4 is 0 Å². The van der Waals surface area contributed by atoms with E-state index in [1.54, 1.807) is 25.4 Å². The van der Waals surface area contributed by atoms with Crippen LogP contribution in [0.5, 0.6) is 0 Å². The van der Waals surface area contributed by atoms with Crippen LogP contribution in [0.2, 0.25) is 5.02 Å². The first-order valence-electron chi connectivity index (χ1n) is 8.99. The van der Waals surface area contributed by atoms with Gasteiger partial charge >= 0.3 is 5.97 Å². The van der Waals surface area contributed by atoms with Gasteiger partial charge in [-0.3, -0.25) is 0 Å². The van der Waals surface area contributed by atoms with Crippen molar-refractivity contribution in [2.45, 2.75) is 6.54 Å². The highest BCUT2D eigenvalue weighted by molar-refractivity contribution is 6.30. The topological polar surface area (TPSA) is 82.0 Å². The Balaban J connectivity index is 1.79. The number of imidazole rings is 2. The molecule has 0 aliphatic heterocycles. The lowest BCUT2D eigenvalue weighted by Gasteiger charge is -2.07. The van der Waals surface area contributed by atoms with E-state index in [2.05, 4.69) is 9.97 Å². The number of halogens is 1. The molecule has 8 heteroatoms. The van der Waals surface area contributed by atoms with Crippen LogP contribution in [0.3, 0.4) is 0 Å². The summed E-state index contributed by atoms with van der Waals surface area (Å²) in [4.78, 5) is 24.4. The fourth-order valence-corrected chi connectivity index (χ4v) is 3.30. The molecule has 148 valence electrons. The molecular formula is C21H19ClN4O3. The van der Waals surface area contributed by atoms with E-state index in [0.717, 1.165) is 22.6 Å². The molecule has 2 aromatic heterocycles. The molecule has 0 saturated carbocycles. The summed E-state index contributed by atoms with van der Waals surface area (Å²) in [6, 6.07) is 12.8. The van der Waals surface area contributed by atoms with Gasteiger partial charge in [-0.25, -0.2) is 14.8 Å². The molecule has 0 aliphatic rings. The Hall–Kier alpha value is -3.16. The predicted molar refractivity (Wildman–Crippen MR) is 111 cm³/mol. The van der Waals surface area contributed by atoms with Crippen LogP contribution in [-0.2, 0) is 16.0 Å². The van der Waals surface area contributed by atoms with Gasteiger partial charge in [0.15, 0.2) is 5.82 Å². The van der Waals surface area contributed by atoms with Crippen molar-refractivity contribution < 1.29 is 14.3 Å². The SMILES string of the molecule is COCCn1c(-c2cnc(-c3ccc(Cl)cc3)[nH]2)nc2cc(C(=O)OC)ccc21. The van der Waals surface area contributed by atoms with Gasteiger partial charge in [0.25, 0.3) is 0 Å². The minimum atomic E-state index is -0.397. The van der Waals surface area contributed by atoms with Gasteiger partial charge in [-0.1, -0.05) is 11.6 Å². The molecule has 0 radical (unpaired) electrons. The summed E-state index contributed by atoms with van der Waals surface area (Å²) in [7, 11) is 3.01. The summed E-state index contributed by atoms with van der Waals surface area (Å²) < 4.78 is 12.1. The number of carbonyl (C=O) groups excluding carboxylic acids is 1. The van der Waals surface area contributed by atoms with Crippen LogP contribution in [-0.4, -0.2) is 46.3 Å². The van der Waals surface area contributed by atoms with Crippen LogP contribution in [0.15, 0.2) is 48.7 Å². The van der Waals surface area contributed by atoms with E-state index >= 15 is 0 Å². The van der Waals surface area contributed by atoms with E-state index in [0.29, 0.717) is 35.1 Å². The van der Waals surface area contributed by atoms with Gasteiger partial charge in [0, 0.05) is 24.2 Å². The lowest BCUT2D eigenvalue weighted by molar-refractivity contribution is 0.0601. The first-order chi connectivity index (χ1) is 14.1. The smallest absolute Gasteiger partial charge is 0.337 e. The second-order valence-corrected chi connectivity index (χ2v) is 6.86. The summed E-state index contributed by atoms with van der Waals surface area (Å²) in [6.07, 6.45) is 1.75. The van der Waals surface area contributed by atoms with Crippen molar-refractivity contribution in [2.24, 2.45) is 0 Å². The number of nitrogens with zero attached hydrogens (tertiary/aromatic N) is 3. The zero-order valence-electron chi connectivity index (χ0n) is 16.0. The number of hydrogen-bond acceptors (Lipinski definition) is 5. The maximum Gasteiger partial charge on any atom is 0.337 e. The zero-order chi connectivity index (χ0) is 20.4. The Kier molecular flexibility index (Phi) is 5.33. The lowest BCUT2D eigenvalue weighted by atomic mass is 10.2. The Morgan fingerprint density at radius 1 is 1.17 bits per heavy atom. The highest BCUT2D eigenvalue weighted by atomic mass is 35.5. The minimum absolute atomic E-state index is 0.397. The summed E-state index contributed by atoms with van der Waals surface area (Å²) in [6.45, 7) is 1.13. The molecule has 7 nitrogen and oxygen atoms in total. The highest BCUT2D eigenvalue weighted by Crippen LogP contribution is 2.27. The van der Waals surface area contributed by atoms with E-state index in [1.807, 2.05) is 34.9 Å². The fourth-order valence-electron chi connectivity index (χ4n) is 3.18. The van der Waals surface area contributed by atoms with Crippen LogP contribution >= 0.6 is 11.6 Å². The van der Waals surface area contributed by atoms with Gasteiger partial charge in [-0.15, -0.1) is 0 Å². The molecule has 0 saturated heterocycles. The van der Waals surface area contributed by atoms with Crippen LogP contribution in [0.1, 0.15) is 10.4 Å². The minimum Gasteiger partial charge on any atom is -0.465 e. The zero-order valence-corrected chi connectivity index (χ0v) is 16.7. The van der Waals surface area contributed by atoms with Crippen molar-refractivity contribution in [1.29, 1.82) is 0 Å². The molecule has 29 heavy (non-hydrogen) atoms. The van der Waals surface area contributed by atoms with Crippen molar-refractivity contribution in [1.82, 2.24) is 19.5 Å². The summed E-state index contributed by atoms with van der Waals surface area (Å²) in [5, 5.41) is 0.670. The first kappa shape index (κ1) is 19.2. The van der Waals surface area contributed by atoms with Crippen LogP contribution in [0.25, 0.3) is 33.9 Å². The normalized spacial score (nSPS) is 11.1. The van der Waals surface area contributed by atoms with E-state index in [1.165, 1.54) is 7.11 Å². The Morgan fingerprint density at radius 2 is 1.97 bits per heavy atom. The van der Waals surface area contributed by atoms with Crippen molar-refractivity contribution >= 4 is 28.6 Å². The molecule has 0 bridgehead atoms. The number of aromatic amines is 1. The van der Waals surface area contributed by atoms with E-state index in [9.17, 15) is 4.79 Å². The summed E-state index contributed by atoms with van der Waals surface area (Å²) >= 11 is 5.97. The number of methoxy groups -OCH3 is 2. The molecule has 0 unspecified atom stereocenters. The maximum atomic E-state index is 11.9. The summed E-state index contributed by atoms with van der Waals surface area (Å²) in [5.41, 5.74) is 3.73. The van der Waals surface area contributed by atoms with E-state index in [4.69, 9.17) is 26.1 Å². The number of ether oxygens (including phenoxy) is 2. The molecule has 0 fully saturated rings. The quantitative estimate of drug-likeness (QED) is 0.482. The van der Waals surface area contributed by atoms with Gasteiger partial charge in [-0.05, 0) is 42.5 Å². The number of carbonyl (C=O) groups is 1. The Bertz CT molecular complexity index is 1160. The molecule has 4 aromatic rings. The van der Waals surface area contributed by atoms with Crippen molar-refractivity contribution in [3.8, 4) is 22.9 Å². The molecule has 0 amide bonds. The standard InChI is InChI=1S/C21H19ClN4O3/c1-28-10-9-26-18-8-5-14(21(27)29-2)11-16(18)25-20(26)17-12-23-19(24-17)13-3-6-15(22)7-4-13/h3-8,11-12H,9-10H2,1-2H3,(H,23,24). The number of H-pyrrole nitrogens is 1. The van der Waals surface area contributed by atoms with Gasteiger partial charge in [0.2, 0.25) is 0 Å². The van der Waals surface area contributed by atoms with Gasteiger partial charge in [-0.2, -0.15) is 0 Å². The third kappa shape index (κ3) is 3.74. The molecular weight excluding hydrogens is 392 g/mol. The molecule has 4 rings (SSSR count). The van der Waals surface area contributed by atoms with Crippen LogP contribution in [0.4, 0.5) is 0 Å². The number of fused-ring (bicyclic) bond motifs is 1. The van der Waals surface area contributed by atoms with E-state index < -0.39 is 5.97 Å². The lowest BCUT2D eigenvalue weighted by Crippen LogP contribution is -2.06.